The number of hydrogen-bond acceptors (Lipinski definition) is 6. The third-order valence-corrected chi connectivity index (χ3v) is 3.56. The largest absolute Gasteiger partial charge is 0.481 e. The molecule has 25 heavy (non-hydrogen) atoms. The molecule has 0 amide bonds. The summed E-state index contributed by atoms with van der Waals surface area (Å²) in [5.41, 5.74) is 11.2. The van der Waals surface area contributed by atoms with E-state index in [9.17, 15) is 0 Å². The highest BCUT2D eigenvalue weighted by Crippen LogP contribution is 2.29. The number of rotatable bonds is 3. The van der Waals surface area contributed by atoms with Crippen LogP contribution in [0.25, 0.3) is 22.3 Å². The van der Waals surface area contributed by atoms with E-state index in [2.05, 4.69) is 41.2 Å². The van der Waals surface area contributed by atoms with Gasteiger partial charge in [0.25, 0.3) is 0 Å². The minimum atomic E-state index is -0.750. The normalized spacial score (nSPS) is 9.68. The number of pyridine rings is 2. The Hall–Kier alpha value is -3.06. The molecule has 0 aliphatic carbocycles. The number of nitrogen functional groups attached to an aromatic ring is 1. The summed E-state index contributed by atoms with van der Waals surface area (Å²) in [4.78, 5) is 8.54. The molecule has 2 heterocycles. The third kappa shape index (κ3) is 4.71. The summed E-state index contributed by atoms with van der Waals surface area (Å²) < 4.78 is 21.7. The first-order valence-corrected chi connectivity index (χ1v) is 8.00. The molecular weight excluding hydrogens is 338 g/mol. The van der Waals surface area contributed by atoms with Crippen molar-refractivity contribution in [3.05, 3.63) is 60.4 Å². The van der Waals surface area contributed by atoms with E-state index in [0.29, 0.717) is 11.7 Å². The predicted molar refractivity (Wildman–Crippen MR) is 97.5 cm³/mol. The van der Waals surface area contributed by atoms with Crippen LogP contribution in [0.5, 0.6) is 5.88 Å². The van der Waals surface area contributed by atoms with Crippen LogP contribution in [0.15, 0.2) is 54.9 Å². The van der Waals surface area contributed by atoms with Gasteiger partial charge >= 0.3 is 11.6 Å². The van der Waals surface area contributed by atoms with Crippen molar-refractivity contribution < 1.29 is 13.2 Å². The number of aryl methyl sites for hydroxylation is 1. The van der Waals surface area contributed by atoms with Crippen molar-refractivity contribution in [2.75, 3.05) is 12.8 Å². The predicted octanol–water partition coefficient (Wildman–Crippen LogP) is 3.04. The first-order valence-electron chi connectivity index (χ1n) is 7.33. The molecular formula is C18H17N3O3S. The van der Waals surface area contributed by atoms with Gasteiger partial charge in [-0.15, -0.1) is 0 Å². The van der Waals surface area contributed by atoms with E-state index in [1.165, 1.54) is 5.56 Å². The molecule has 1 aromatic carbocycles. The number of ether oxygens (including phenoxy) is 1. The van der Waals surface area contributed by atoms with Gasteiger partial charge in [-0.25, -0.2) is 9.97 Å². The summed E-state index contributed by atoms with van der Waals surface area (Å²) in [5, 5.41) is 0. The summed E-state index contributed by atoms with van der Waals surface area (Å²) in [6.45, 7) is 2.06. The number of nitrogens with zero attached hydrogens (tertiary/aromatic N) is 2. The highest BCUT2D eigenvalue weighted by atomic mass is 32.1. The molecule has 0 unspecified atom stereocenters. The molecule has 0 spiro atoms. The number of benzene rings is 1. The third-order valence-electron chi connectivity index (χ3n) is 3.56. The highest BCUT2D eigenvalue weighted by molar-refractivity contribution is 7.51. The zero-order valence-corrected chi connectivity index (χ0v) is 14.6. The fourth-order valence-electron chi connectivity index (χ4n) is 2.27. The molecule has 2 aromatic heterocycles. The van der Waals surface area contributed by atoms with Gasteiger partial charge in [-0.3, -0.25) is 0 Å². The van der Waals surface area contributed by atoms with Gasteiger partial charge < -0.3 is 10.5 Å². The van der Waals surface area contributed by atoms with Gasteiger partial charge in [-0.1, -0.05) is 29.8 Å². The number of anilines is 1. The fraction of sp³-hybridized carbons (Fsp3) is 0.111. The minimum absolute atomic E-state index is 0.522. The Kier molecular flexibility index (Phi) is 6.36. The lowest BCUT2D eigenvalue weighted by molar-refractivity contribution is 0.398. The lowest BCUT2D eigenvalue weighted by Crippen LogP contribution is -1.95. The van der Waals surface area contributed by atoms with Gasteiger partial charge in [-0.2, -0.15) is 8.42 Å². The van der Waals surface area contributed by atoms with Crippen molar-refractivity contribution in [3.63, 3.8) is 0 Å². The van der Waals surface area contributed by atoms with Crippen LogP contribution in [-0.4, -0.2) is 25.5 Å². The summed E-state index contributed by atoms with van der Waals surface area (Å²) in [5.74, 6) is 1.11. The van der Waals surface area contributed by atoms with E-state index in [4.69, 9.17) is 18.9 Å². The first kappa shape index (κ1) is 18.3. The van der Waals surface area contributed by atoms with Gasteiger partial charge in [-0.05, 0) is 24.6 Å². The molecule has 7 heteroatoms. The average molecular weight is 355 g/mol. The van der Waals surface area contributed by atoms with Gasteiger partial charge in [0.05, 0.1) is 7.11 Å². The highest BCUT2D eigenvalue weighted by Gasteiger charge is 2.07. The maximum atomic E-state index is 8.29. The molecule has 128 valence electrons. The van der Waals surface area contributed by atoms with Crippen LogP contribution in [0.3, 0.4) is 0 Å². The van der Waals surface area contributed by atoms with E-state index < -0.39 is 11.6 Å². The van der Waals surface area contributed by atoms with E-state index >= 15 is 0 Å². The maximum Gasteiger partial charge on any atom is 0.335 e. The molecule has 0 fully saturated rings. The number of aromatic nitrogens is 2. The molecule has 2 N–H and O–H groups in total. The Bertz CT molecular complexity index is 875. The van der Waals surface area contributed by atoms with E-state index in [0.717, 1.165) is 22.3 Å². The van der Waals surface area contributed by atoms with Crippen molar-refractivity contribution in [2.45, 2.75) is 6.92 Å². The number of methoxy groups -OCH3 is 1. The fourth-order valence-corrected chi connectivity index (χ4v) is 2.27. The lowest BCUT2D eigenvalue weighted by atomic mass is 10.0. The molecule has 0 saturated heterocycles. The van der Waals surface area contributed by atoms with Crippen molar-refractivity contribution >= 4 is 17.4 Å². The SMILES string of the molecule is COc1ccc(-c2cnc(N)c(-c3ccc(C)cc3)c2)cn1.O=S=O. The van der Waals surface area contributed by atoms with Crippen LogP contribution in [0.2, 0.25) is 0 Å². The van der Waals surface area contributed by atoms with Crippen LogP contribution in [0.1, 0.15) is 5.56 Å². The lowest BCUT2D eigenvalue weighted by Gasteiger charge is -2.09. The second-order valence-electron chi connectivity index (χ2n) is 5.18. The average Bonchev–Trinajstić information content (AvgIpc) is 2.64. The van der Waals surface area contributed by atoms with Crippen LogP contribution in [-0.2, 0) is 11.6 Å². The smallest absolute Gasteiger partial charge is 0.335 e. The Balaban J connectivity index is 0.000000701. The summed E-state index contributed by atoms with van der Waals surface area (Å²) in [7, 11) is 1.60. The molecule has 0 aliphatic heterocycles. The molecule has 6 nitrogen and oxygen atoms in total. The first-order chi connectivity index (χ1) is 12.1. The number of nitrogens with two attached hydrogens (primary N) is 1. The zero-order valence-electron chi connectivity index (χ0n) is 13.8. The molecule has 3 aromatic rings. The van der Waals surface area contributed by atoms with Crippen LogP contribution >= 0.6 is 0 Å². The quantitative estimate of drug-likeness (QED) is 0.776. The Morgan fingerprint density at radius 2 is 1.52 bits per heavy atom. The van der Waals surface area contributed by atoms with E-state index in [1.807, 2.05) is 18.2 Å². The van der Waals surface area contributed by atoms with Gasteiger partial charge in [0, 0.05) is 35.2 Å². The van der Waals surface area contributed by atoms with E-state index in [-0.39, 0.29) is 0 Å². The Morgan fingerprint density at radius 1 is 0.920 bits per heavy atom. The molecule has 0 bridgehead atoms. The molecule has 0 aliphatic rings. The topological polar surface area (TPSA) is 95.2 Å². The summed E-state index contributed by atoms with van der Waals surface area (Å²) in [6.07, 6.45) is 3.53. The maximum absolute atomic E-state index is 8.29. The molecule has 3 rings (SSSR count). The van der Waals surface area contributed by atoms with Gasteiger partial charge in [0.2, 0.25) is 5.88 Å². The second-order valence-corrected chi connectivity index (χ2v) is 5.32. The standard InChI is InChI=1S/C18H17N3O.O2S/c1-12-3-5-13(6-4-12)16-9-15(11-21-18(16)19)14-7-8-17(22-2)20-10-14;1-3-2/h3-11H,1-2H3,(H2,19,21);. The van der Waals surface area contributed by atoms with Gasteiger partial charge in [0.1, 0.15) is 5.82 Å². The molecule has 0 radical (unpaired) electrons. The number of hydrogen-bond donors (Lipinski definition) is 1. The van der Waals surface area contributed by atoms with Crippen molar-refractivity contribution in [1.29, 1.82) is 0 Å². The molecule has 0 saturated carbocycles. The van der Waals surface area contributed by atoms with Crippen molar-refractivity contribution in [1.82, 2.24) is 9.97 Å². The van der Waals surface area contributed by atoms with Gasteiger partial charge in [0.15, 0.2) is 0 Å². The monoisotopic (exact) mass is 355 g/mol. The minimum Gasteiger partial charge on any atom is -0.481 e. The second kappa shape index (κ2) is 8.70. The zero-order chi connectivity index (χ0) is 18.2. The summed E-state index contributed by atoms with van der Waals surface area (Å²) in [6, 6.07) is 14.1. The molecule has 0 atom stereocenters. The van der Waals surface area contributed by atoms with Crippen LogP contribution in [0, 0.1) is 6.92 Å². The van der Waals surface area contributed by atoms with E-state index in [1.54, 1.807) is 19.5 Å². The summed E-state index contributed by atoms with van der Waals surface area (Å²) >= 11 is -0.750. The van der Waals surface area contributed by atoms with Crippen molar-refractivity contribution in [3.8, 4) is 28.1 Å². The van der Waals surface area contributed by atoms with Crippen molar-refractivity contribution in [2.24, 2.45) is 0 Å². The van der Waals surface area contributed by atoms with Crippen LogP contribution < -0.4 is 10.5 Å². The van der Waals surface area contributed by atoms with Crippen LogP contribution in [0.4, 0.5) is 5.82 Å². The Morgan fingerprint density at radius 3 is 2.08 bits per heavy atom. The Labute approximate surface area is 149 Å².